The van der Waals surface area contributed by atoms with Gasteiger partial charge in [0.15, 0.2) is 0 Å². The first kappa shape index (κ1) is 19.7. The van der Waals surface area contributed by atoms with Crippen molar-refractivity contribution in [2.45, 2.75) is 31.7 Å². The molecule has 4 heteroatoms. The van der Waals surface area contributed by atoms with E-state index in [0.717, 1.165) is 61.9 Å². The fourth-order valence-electron chi connectivity index (χ4n) is 4.54. The minimum Gasteiger partial charge on any atom is -0.340 e. The van der Waals surface area contributed by atoms with Crippen molar-refractivity contribution in [3.8, 4) is 0 Å². The number of likely N-dealkylation sites (tertiary alicyclic amines) is 1. The number of aromatic nitrogens is 1. The first-order valence-electron chi connectivity index (χ1n) is 10.7. The van der Waals surface area contributed by atoms with Gasteiger partial charge in [-0.05, 0) is 56.5 Å². The molecule has 4 nitrogen and oxygen atoms in total. The molecule has 29 heavy (non-hydrogen) atoms. The van der Waals surface area contributed by atoms with E-state index < -0.39 is 0 Å². The fourth-order valence-corrected chi connectivity index (χ4v) is 4.54. The van der Waals surface area contributed by atoms with Crippen LogP contribution in [0.15, 0.2) is 60.7 Å². The monoisotopic (exact) mass is 389 g/mol. The predicted molar refractivity (Wildman–Crippen MR) is 119 cm³/mol. The molecule has 0 radical (unpaired) electrons. The molecule has 0 bridgehead atoms. The molecule has 1 atom stereocenters. The molecule has 3 aromatic rings. The number of rotatable bonds is 6. The fraction of sp³-hybridized carbons (Fsp3) is 0.400. The number of hydrogen-bond donors (Lipinski definition) is 0. The number of amides is 1. The van der Waals surface area contributed by atoms with Crippen LogP contribution >= 0.6 is 0 Å². The lowest BCUT2D eigenvalue weighted by Crippen LogP contribution is -2.49. The van der Waals surface area contributed by atoms with Gasteiger partial charge < -0.3 is 14.4 Å². The van der Waals surface area contributed by atoms with Gasteiger partial charge in [0.2, 0.25) is 0 Å². The van der Waals surface area contributed by atoms with Crippen LogP contribution in [0.4, 0.5) is 0 Å². The summed E-state index contributed by atoms with van der Waals surface area (Å²) in [7, 11) is 3.96. The zero-order valence-electron chi connectivity index (χ0n) is 17.6. The van der Waals surface area contributed by atoms with Crippen LogP contribution in [0.5, 0.6) is 0 Å². The van der Waals surface area contributed by atoms with Crippen molar-refractivity contribution in [3.05, 3.63) is 71.9 Å². The minimum absolute atomic E-state index is 0.125. The zero-order chi connectivity index (χ0) is 20.2. The Morgan fingerprint density at radius 1 is 1.10 bits per heavy atom. The van der Waals surface area contributed by atoms with Crippen molar-refractivity contribution >= 4 is 16.8 Å². The van der Waals surface area contributed by atoms with Crippen LogP contribution in [0, 0.1) is 0 Å². The van der Waals surface area contributed by atoms with Gasteiger partial charge in [-0.2, -0.15) is 0 Å². The third-order valence-corrected chi connectivity index (χ3v) is 6.30. The SMILES string of the molecule is CN(C(=O)c1cc2ccccc2n1C)[C@@H]1CCCN(CCCc2ccccc2)C1. The maximum atomic E-state index is 13.2. The average molecular weight is 390 g/mol. The molecule has 0 unspecified atom stereocenters. The van der Waals surface area contributed by atoms with Crippen molar-refractivity contribution in [2.75, 3.05) is 26.7 Å². The van der Waals surface area contributed by atoms with Gasteiger partial charge in [-0.1, -0.05) is 48.5 Å². The highest BCUT2D eigenvalue weighted by Crippen LogP contribution is 2.22. The summed E-state index contributed by atoms with van der Waals surface area (Å²) in [5, 5.41) is 1.12. The lowest BCUT2D eigenvalue weighted by atomic mass is 10.0. The number of aryl methyl sites for hydroxylation is 2. The molecule has 1 amide bonds. The van der Waals surface area contributed by atoms with Gasteiger partial charge in [0.25, 0.3) is 5.91 Å². The molecule has 0 N–H and O–H groups in total. The molecular weight excluding hydrogens is 358 g/mol. The molecule has 1 aromatic heterocycles. The van der Waals surface area contributed by atoms with E-state index in [0.29, 0.717) is 0 Å². The smallest absolute Gasteiger partial charge is 0.270 e. The molecule has 1 saturated heterocycles. The number of benzene rings is 2. The molecular formula is C25H31N3O. The Labute approximate surface area is 173 Å². The van der Waals surface area contributed by atoms with E-state index in [2.05, 4.69) is 47.4 Å². The van der Waals surface area contributed by atoms with Crippen LogP contribution in [0.1, 0.15) is 35.3 Å². The molecule has 0 saturated carbocycles. The maximum absolute atomic E-state index is 13.2. The van der Waals surface area contributed by atoms with Crippen molar-refractivity contribution in [2.24, 2.45) is 7.05 Å². The van der Waals surface area contributed by atoms with Crippen LogP contribution in [0.3, 0.4) is 0 Å². The number of para-hydroxylation sites is 1. The normalized spacial score (nSPS) is 17.5. The van der Waals surface area contributed by atoms with Crippen molar-refractivity contribution < 1.29 is 4.79 Å². The van der Waals surface area contributed by atoms with Crippen LogP contribution in [0.2, 0.25) is 0 Å². The second-order valence-corrected chi connectivity index (χ2v) is 8.25. The molecule has 2 aromatic carbocycles. The van der Waals surface area contributed by atoms with Crippen LogP contribution in [-0.4, -0.2) is 53.0 Å². The van der Waals surface area contributed by atoms with E-state index in [1.54, 1.807) is 0 Å². The summed E-state index contributed by atoms with van der Waals surface area (Å²) in [4.78, 5) is 17.7. The van der Waals surface area contributed by atoms with Crippen LogP contribution in [-0.2, 0) is 13.5 Å². The predicted octanol–water partition coefficient (Wildman–Crippen LogP) is 4.35. The Balaban J connectivity index is 1.37. The Kier molecular flexibility index (Phi) is 6.00. The Morgan fingerprint density at radius 3 is 2.66 bits per heavy atom. The number of hydrogen-bond acceptors (Lipinski definition) is 2. The number of likely N-dealkylation sites (N-methyl/N-ethyl adjacent to an activating group) is 1. The van der Waals surface area contributed by atoms with Gasteiger partial charge in [-0.3, -0.25) is 4.79 Å². The molecule has 1 aliphatic heterocycles. The molecule has 0 spiro atoms. The number of nitrogens with zero attached hydrogens (tertiary/aromatic N) is 3. The van der Waals surface area contributed by atoms with Crippen LogP contribution in [0.25, 0.3) is 10.9 Å². The van der Waals surface area contributed by atoms with Crippen LogP contribution < -0.4 is 0 Å². The van der Waals surface area contributed by atoms with Crippen molar-refractivity contribution in [3.63, 3.8) is 0 Å². The Bertz CT molecular complexity index is 963. The van der Waals surface area contributed by atoms with E-state index in [1.807, 2.05) is 41.8 Å². The lowest BCUT2D eigenvalue weighted by molar-refractivity contribution is 0.0608. The Hall–Kier alpha value is -2.59. The number of fused-ring (bicyclic) bond motifs is 1. The molecule has 2 heterocycles. The van der Waals surface area contributed by atoms with Gasteiger partial charge in [-0.25, -0.2) is 0 Å². The summed E-state index contributed by atoms with van der Waals surface area (Å²) < 4.78 is 2.02. The molecule has 152 valence electrons. The lowest BCUT2D eigenvalue weighted by Gasteiger charge is -2.37. The first-order valence-corrected chi connectivity index (χ1v) is 10.7. The van der Waals surface area contributed by atoms with E-state index in [-0.39, 0.29) is 11.9 Å². The molecule has 1 fully saturated rings. The van der Waals surface area contributed by atoms with Gasteiger partial charge in [0.05, 0.1) is 0 Å². The highest BCUT2D eigenvalue weighted by molar-refractivity contribution is 5.98. The van der Waals surface area contributed by atoms with E-state index in [1.165, 1.54) is 5.56 Å². The summed E-state index contributed by atoms with van der Waals surface area (Å²) >= 11 is 0. The van der Waals surface area contributed by atoms with Crippen molar-refractivity contribution in [1.82, 2.24) is 14.4 Å². The van der Waals surface area contributed by atoms with Gasteiger partial charge in [0.1, 0.15) is 5.69 Å². The highest BCUT2D eigenvalue weighted by Gasteiger charge is 2.28. The second kappa shape index (κ2) is 8.83. The average Bonchev–Trinajstić information content (AvgIpc) is 3.10. The summed E-state index contributed by atoms with van der Waals surface area (Å²) in [6.07, 6.45) is 4.52. The highest BCUT2D eigenvalue weighted by atomic mass is 16.2. The topological polar surface area (TPSA) is 28.5 Å². The number of carbonyl (C=O) groups is 1. The largest absolute Gasteiger partial charge is 0.340 e. The summed E-state index contributed by atoms with van der Waals surface area (Å²) in [5.74, 6) is 0.125. The number of carbonyl (C=O) groups excluding carboxylic acids is 1. The molecule has 4 rings (SSSR count). The summed E-state index contributed by atoms with van der Waals surface area (Å²) in [6.45, 7) is 3.21. The Morgan fingerprint density at radius 2 is 1.86 bits per heavy atom. The number of piperidine rings is 1. The van der Waals surface area contributed by atoms with Gasteiger partial charge >= 0.3 is 0 Å². The second-order valence-electron chi connectivity index (χ2n) is 8.25. The van der Waals surface area contributed by atoms with Gasteiger partial charge in [-0.15, -0.1) is 0 Å². The van der Waals surface area contributed by atoms with E-state index in [4.69, 9.17) is 0 Å². The summed E-state index contributed by atoms with van der Waals surface area (Å²) in [5.41, 5.74) is 3.29. The summed E-state index contributed by atoms with van der Waals surface area (Å²) in [6, 6.07) is 21.2. The quantitative estimate of drug-likeness (QED) is 0.627. The molecule has 0 aliphatic carbocycles. The molecule has 1 aliphatic rings. The van der Waals surface area contributed by atoms with E-state index in [9.17, 15) is 4.79 Å². The minimum atomic E-state index is 0.125. The van der Waals surface area contributed by atoms with E-state index >= 15 is 0 Å². The third kappa shape index (κ3) is 4.38. The maximum Gasteiger partial charge on any atom is 0.270 e. The standard InChI is InChI=1S/C25H31N3O/c1-26(25(29)24-18-21-13-6-7-15-23(21)27(24)2)22-14-9-17-28(19-22)16-8-12-20-10-4-3-5-11-20/h3-7,10-11,13,15,18,22H,8-9,12,14,16-17,19H2,1-2H3/t22-/m1/s1. The van der Waals surface area contributed by atoms with Gasteiger partial charge in [0, 0.05) is 37.6 Å². The zero-order valence-corrected chi connectivity index (χ0v) is 17.6. The third-order valence-electron chi connectivity index (χ3n) is 6.30. The first-order chi connectivity index (χ1) is 14.1. The van der Waals surface area contributed by atoms with Crippen molar-refractivity contribution in [1.29, 1.82) is 0 Å².